The van der Waals surface area contributed by atoms with Gasteiger partial charge in [0, 0.05) is 0 Å². The van der Waals surface area contributed by atoms with E-state index in [9.17, 15) is 28.2 Å². The van der Waals surface area contributed by atoms with Crippen LogP contribution < -0.4 is 5.32 Å². The van der Waals surface area contributed by atoms with Gasteiger partial charge in [-0.15, -0.1) is 0 Å². The van der Waals surface area contributed by atoms with E-state index in [1.807, 2.05) is 0 Å². The molecule has 0 aromatic heterocycles. The maximum Gasteiger partial charge on any atom is 0.471 e. The average molecular weight is 258 g/mol. The van der Waals surface area contributed by atoms with Gasteiger partial charge in [0.2, 0.25) is 0 Å². The molecule has 0 bridgehead atoms. The van der Waals surface area contributed by atoms with Crippen molar-refractivity contribution in [2.24, 2.45) is 0 Å². The van der Waals surface area contributed by atoms with Crippen LogP contribution in [0.1, 0.15) is 0 Å². The SMILES string of the molecule is O=C(N[C@@H]1[CH]O[C@H](CO)[C@@H](O)[C@@H]1O)C(F)(F)F. The minimum Gasteiger partial charge on any atom is -0.394 e. The van der Waals surface area contributed by atoms with Crippen molar-refractivity contribution in [2.45, 2.75) is 30.5 Å². The Morgan fingerprint density at radius 1 is 1.35 bits per heavy atom. The van der Waals surface area contributed by atoms with Crippen LogP contribution in [0.3, 0.4) is 0 Å². The molecule has 4 N–H and O–H groups in total. The zero-order chi connectivity index (χ0) is 13.2. The van der Waals surface area contributed by atoms with Gasteiger partial charge in [0.15, 0.2) is 0 Å². The van der Waals surface area contributed by atoms with E-state index < -0.39 is 43.0 Å². The molecule has 17 heavy (non-hydrogen) atoms. The lowest BCUT2D eigenvalue weighted by atomic mass is 9.98. The summed E-state index contributed by atoms with van der Waals surface area (Å²) in [5.41, 5.74) is 0. The Morgan fingerprint density at radius 3 is 2.41 bits per heavy atom. The van der Waals surface area contributed by atoms with Gasteiger partial charge in [0.25, 0.3) is 0 Å². The topological polar surface area (TPSA) is 99.0 Å². The molecule has 1 saturated heterocycles. The fraction of sp³-hybridized carbons (Fsp3) is 0.750. The summed E-state index contributed by atoms with van der Waals surface area (Å²) in [5, 5.41) is 28.9. The van der Waals surface area contributed by atoms with Gasteiger partial charge in [0.05, 0.1) is 12.6 Å². The molecule has 0 unspecified atom stereocenters. The molecule has 4 atom stereocenters. The van der Waals surface area contributed by atoms with Crippen LogP contribution in [0, 0.1) is 6.61 Å². The van der Waals surface area contributed by atoms with Crippen molar-refractivity contribution in [2.75, 3.05) is 6.61 Å². The number of carbonyl (C=O) groups excluding carboxylic acids is 1. The number of amides is 1. The first kappa shape index (κ1) is 14.2. The lowest BCUT2D eigenvalue weighted by molar-refractivity contribution is -0.180. The van der Waals surface area contributed by atoms with Crippen molar-refractivity contribution >= 4 is 5.91 Å². The second-order valence-electron chi connectivity index (χ2n) is 3.47. The monoisotopic (exact) mass is 258 g/mol. The molecule has 0 aromatic carbocycles. The van der Waals surface area contributed by atoms with Crippen LogP contribution in [0.4, 0.5) is 13.2 Å². The number of hydrogen-bond donors (Lipinski definition) is 4. The highest BCUT2D eigenvalue weighted by molar-refractivity contribution is 5.82. The second kappa shape index (κ2) is 5.17. The lowest BCUT2D eigenvalue weighted by Gasteiger charge is -2.36. The smallest absolute Gasteiger partial charge is 0.394 e. The zero-order valence-corrected chi connectivity index (χ0v) is 8.39. The highest BCUT2D eigenvalue weighted by Crippen LogP contribution is 2.20. The van der Waals surface area contributed by atoms with E-state index in [2.05, 4.69) is 4.74 Å². The summed E-state index contributed by atoms with van der Waals surface area (Å²) in [6.45, 7) is 0.122. The molecule has 0 spiro atoms. The first-order chi connectivity index (χ1) is 7.77. The second-order valence-corrected chi connectivity index (χ2v) is 3.47. The van der Waals surface area contributed by atoms with E-state index in [1.165, 1.54) is 5.32 Å². The Kier molecular flexibility index (Phi) is 4.31. The van der Waals surface area contributed by atoms with Crippen LogP contribution in [0.2, 0.25) is 0 Å². The summed E-state index contributed by atoms with van der Waals surface area (Å²) in [6, 6.07) is -1.50. The van der Waals surface area contributed by atoms with Crippen molar-refractivity contribution in [3.8, 4) is 0 Å². The molecule has 1 aliphatic rings. The van der Waals surface area contributed by atoms with E-state index in [-0.39, 0.29) is 0 Å². The van der Waals surface area contributed by atoms with Gasteiger partial charge in [-0.3, -0.25) is 4.79 Å². The van der Waals surface area contributed by atoms with Gasteiger partial charge >= 0.3 is 12.1 Å². The first-order valence-electron chi connectivity index (χ1n) is 4.61. The highest BCUT2D eigenvalue weighted by atomic mass is 19.4. The van der Waals surface area contributed by atoms with Crippen LogP contribution in [0.5, 0.6) is 0 Å². The number of nitrogens with one attached hydrogen (secondary N) is 1. The van der Waals surface area contributed by atoms with E-state index in [4.69, 9.17) is 5.11 Å². The Hall–Kier alpha value is -0.900. The summed E-state index contributed by atoms with van der Waals surface area (Å²) in [5.74, 6) is -2.25. The molecule has 99 valence electrons. The predicted octanol–water partition coefficient (Wildman–Crippen LogP) is -1.69. The number of aliphatic hydroxyl groups excluding tert-OH is 3. The first-order valence-corrected chi connectivity index (χ1v) is 4.61. The molecule has 1 rings (SSSR count). The summed E-state index contributed by atoms with van der Waals surface area (Å²) < 4.78 is 40.4. The molecule has 1 radical (unpaired) electrons. The van der Waals surface area contributed by atoms with Crippen molar-refractivity contribution in [3.05, 3.63) is 6.61 Å². The molecule has 1 fully saturated rings. The Balaban J connectivity index is 2.60. The molecular formula is C8H11F3NO5. The van der Waals surface area contributed by atoms with Crippen molar-refractivity contribution in [1.29, 1.82) is 0 Å². The summed E-state index contributed by atoms with van der Waals surface area (Å²) >= 11 is 0. The number of carbonyl (C=O) groups is 1. The molecule has 0 aromatic rings. The number of rotatable bonds is 2. The van der Waals surface area contributed by atoms with Crippen molar-refractivity contribution < 1.29 is 38.0 Å². The maximum absolute atomic E-state index is 11.9. The summed E-state index contributed by atoms with van der Waals surface area (Å²) in [7, 11) is 0. The standard InChI is InChI=1S/C8H11F3NO5/c9-8(10,11)7(16)12-3-2-17-4(1-13)6(15)5(3)14/h2-6,13-15H,1H2,(H,12,16)/t3-,4-,5-,6-/m1/s1. The van der Waals surface area contributed by atoms with Gasteiger partial charge in [-0.1, -0.05) is 0 Å². The Labute approximate surface area is 94.0 Å². The van der Waals surface area contributed by atoms with Crippen LogP contribution in [-0.2, 0) is 9.53 Å². The number of alkyl halides is 3. The van der Waals surface area contributed by atoms with E-state index in [0.717, 1.165) is 6.61 Å². The largest absolute Gasteiger partial charge is 0.471 e. The van der Waals surface area contributed by atoms with Crippen LogP contribution >= 0.6 is 0 Å². The molecule has 0 aliphatic carbocycles. The normalized spacial score (nSPS) is 34.5. The zero-order valence-electron chi connectivity index (χ0n) is 8.39. The van der Waals surface area contributed by atoms with E-state index in [0.29, 0.717) is 0 Å². The van der Waals surface area contributed by atoms with Crippen LogP contribution in [0.25, 0.3) is 0 Å². The molecule has 0 saturated carbocycles. The number of halogens is 3. The summed E-state index contributed by atoms with van der Waals surface area (Å²) in [4.78, 5) is 10.6. The van der Waals surface area contributed by atoms with Gasteiger partial charge in [-0.25, -0.2) is 0 Å². The number of aliphatic hydroxyl groups is 3. The Morgan fingerprint density at radius 2 is 1.94 bits per heavy atom. The molecule has 1 amide bonds. The summed E-state index contributed by atoms with van der Waals surface area (Å²) in [6.07, 6.45) is -9.51. The third kappa shape index (κ3) is 3.28. The van der Waals surface area contributed by atoms with Crippen LogP contribution in [0.15, 0.2) is 0 Å². The van der Waals surface area contributed by atoms with Gasteiger partial charge in [0.1, 0.15) is 24.9 Å². The molecule has 9 heteroatoms. The average Bonchev–Trinajstić information content (AvgIpc) is 2.23. The maximum atomic E-state index is 11.9. The van der Waals surface area contributed by atoms with Crippen molar-refractivity contribution in [3.63, 3.8) is 0 Å². The molecular weight excluding hydrogens is 247 g/mol. The fourth-order valence-corrected chi connectivity index (χ4v) is 1.28. The van der Waals surface area contributed by atoms with E-state index in [1.54, 1.807) is 0 Å². The van der Waals surface area contributed by atoms with Gasteiger partial charge < -0.3 is 25.4 Å². The number of hydrogen-bond acceptors (Lipinski definition) is 5. The Bertz CT molecular complexity index is 285. The molecule has 1 heterocycles. The van der Waals surface area contributed by atoms with Crippen molar-refractivity contribution in [1.82, 2.24) is 5.32 Å². The van der Waals surface area contributed by atoms with Gasteiger partial charge in [-0.2, -0.15) is 13.2 Å². The minimum atomic E-state index is -5.09. The van der Waals surface area contributed by atoms with E-state index >= 15 is 0 Å². The third-order valence-corrected chi connectivity index (χ3v) is 2.23. The highest BCUT2D eigenvalue weighted by Gasteiger charge is 2.44. The third-order valence-electron chi connectivity index (χ3n) is 2.23. The predicted molar refractivity (Wildman–Crippen MR) is 46.3 cm³/mol. The molecule has 6 nitrogen and oxygen atoms in total. The van der Waals surface area contributed by atoms with Crippen LogP contribution in [-0.4, -0.2) is 58.4 Å². The minimum absolute atomic E-state index is 0.616. The molecule has 1 aliphatic heterocycles. The number of ether oxygens (including phenoxy) is 1. The van der Waals surface area contributed by atoms with Gasteiger partial charge in [-0.05, 0) is 0 Å². The quantitative estimate of drug-likeness (QED) is 0.473. The fourth-order valence-electron chi connectivity index (χ4n) is 1.28. The lowest BCUT2D eigenvalue weighted by Crippen LogP contribution is -2.59.